The number of aryl methyl sites for hydroxylation is 2. The molecule has 0 radical (unpaired) electrons. The van der Waals surface area contributed by atoms with Gasteiger partial charge >= 0.3 is 5.97 Å². The number of carbonyl (C=O) groups is 1. The molecule has 19 heavy (non-hydrogen) atoms. The summed E-state index contributed by atoms with van der Waals surface area (Å²) in [7, 11) is 0. The van der Waals surface area contributed by atoms with E-state index >= 15 is 0 Å². The summed E-state index contributed by atoms with van der Waals surface area (Å²) in [6, 6.07) is 9.10. The first kappa shape index (κ1) is 11.7. The van der Waals surface area contributed by atoms with E-state index in [9.17, 15) is 4.79 Å². The van der Waals surface area contributed by atoms with Gasteiger partial charge < -0.3 is 9.84 Å². The third-order valence-electron chi connectivity index (χ3n) is 3.28. The van der Waals surface area contributed by atoms with Crippen molar-refractivity contribution in [3.63, 3.8) is 0 Å². The van der Waals surface area contributed by atoms with Gasteiger partial charge in [0.1, 0.15) is 5.75 Å². The van der Waals surface area contributed by atoms with Gasteiger partial charge in [-0.25, -0.2) is 9.78 Å². The molecule has 0 unspecified atom stereocenters. The average Bonchev–Trinajstić information content (AvgIpc) is 2.87. The molecule has 0 spiro atoms. The summed E-state index contributed by atoms with van der Waals surface area (Å²) < 4.78 is 5.63. The largest absolute Gasteiger partial charge is 0.478 e. The van der Waals surface area contributed by atoms with Crippen molar-refractivity contribution in [2.24, 2.45) is 0 Å². The molecule has 0 aliphatic heterocycles. The molecule has 0 atom stereocenters. The van der Waals surface area contributed by atoms with Crippen LogP contribution in [0.1, 0.15) is 27.9 Å². The predicted molar refractivity (Wildman–Crippen MR) is 69.7 cm³/mol. The zero-order chi connectivity index (χ0) is 13.2. The third kappa shape index (κ3) is 2.42. The summed E-state index contributed by atoms with van der Waals surface area (Å²) >= 11 is 0. The van der Waals surface area contributed by atoms with Gasteiger partial charge in [0.2, 0.25) is 5.88 Å². The number of nitrogens with zero attached hydrogens (tertiary/aromatic N) is 1. The maximum atomic E-state index is 10.7. The molecule has 0 amide bonds. The Hall–Kier alpha value is -2.36. The highest BCUT2D eigenvalue weighted by Gasteiger charge is 2.12. The highest BCUT2D eigenvalue weighted by atomic mass is 16.5. The number of carboxylic acid groups (broad SMARTS) is 1. The minimum absolute atomic E-state index is 0.154. The second-order valence-electron chi connectivity index (χ2n) is 4.58. The van der Waals surface area contributed by atoms with E-state index in [1.54, 1.807) is 6.07 Å². The van der Waals surface area contributed by atoms with E-state index < -0.39 is 5.97 Å². The van der Waals surface area contributed by atoms with Crippen LogP contribution < -0.4 is 4.74 Å². The Balaban J connectivity index is 1.79. The highest BCUT2D eigenvalue weighted by molar-refractivity contribution is 5.87. The number of ether oxygens (including phenoxy) is 1. The molecule has 4 nitrogen and oxygen atoms in total. The van der Waals surface area contributed by atoms with E-state index in [1.165, 1.54) is 29.8 Å². The Kier molecular flexibility index (Phi) is 2.91. The minimum Gasteiger partial charge on any atom is -0.478 e. The number of hydrogen-bond acceptors (Lipinski definition) is 3. The molecule has 0 bridgehead atoms. The summed E-state index contributed by atoms with van der Waals surface area (Å²) in [4.78, 5) is 14.7. The number of rotatable bonds is 3. The standard InChI is InChI=1S/C15H13NO3/c17-15(18)12-5-7-14(16-9-12)19-13-6-4-10-2-1-3-11(10)8-13/h4-9H,1-3H2,(H,17,18). The van der Waals surface area contributed by atoms with Crippen LogP contribution in [-0.4, -0.2) is 16.1 Å². The summed E-state index contributed by atoms with van der Waals surface area (Å²) in [6.07, 6.45) is 4.73. The van der Waals surface area contributed by atoms with Crippen LogP contribution in [0.5, 0.6) is 11.6 Å². The van der Waals surface area contributed by atoms with Gasteiger partial charge in [-0.05, 0) is 48.6 Å². The molecule has 4 heteroatoms. The van der Waals surface area contributed by atoms with E-state index in [0.717, 1.165) is 18.6 Å². The molecule has 0 saturated carbocycles. The van der Waals surface area contributed by atoms with Crippen molar-refractivity contribution in [3.8, 4) is 11.6 Å². The molecule has 2 aromatic rings. The van der Waals surface area contributed by atoms with E-state index in [0.29, 0.717) is 5.88 Å². The number of aromatic nitrogens is 1. The highest BCUT2D eigenvalue weighted by Crippen LogP contribution is 2.28. The molecule has 1 N–H and O–H groups in total. The van der Waals surface area contributed by atoms with Crippen LogP contribution in [0.25, 0.3) is 0 Å². The van der Waals surface area contributed by atoms with Crippen LogP contribution in [0.4, 0.5) is 0 Å². The molecular weight excluding hydrogens is 242 g/mol. The minimum atomic E-state index is -0.989. The monoisotopic (exact) mass is 255 g/mol. The summed E-state index contributed by atoms with van der Waals surface area (Å²) in [5, 5.41) is 8.79. The zero-order valence-electron chi connectivity index (χ0n) is 10.3. The van der Waals surface area contributed by atoms with Crippen LogP contribution in [0.15, 0.2) is 36.5 Å². The molecule has 1 aliphatic rings. The number of aromatic carboxylic acids is 1. The number of pyridine rings is 1. The quantitative estimate of drug-likeness (QED) is 0.915. The molecule has 0 saturated heterocycles. The Morgan fingerprint density at radius 1 is 1.16 bits per heavy atom. The number of fused-ring (bicyclic) bond motifs is 1. The van der Waals surface area contributed by atoms with Crippen molar-refractivity contribution in [2.45, 2.75) is 19.3 Å². The van der Waals surface area contributed by atoms with Crippen LogP contribution in [0, 0.1) is 0 Å². The van der Waals surface area contributed by atoms with Crippen molar-refractivity contribution in [1.29, 1.82) is 0 Å². The Labute approximate surface area is 110 Å². The average molecular weight is 255 g/mol. The Morgan fingerprint density at radius 3 is 2.74 bits per heavy atom. The van der Waals surface area contributed by atoms with Crippen LogP contribution in [-0.2, 0) is 12.8 Å². The fourth-order valence-electron chi connectivity index (χ4n) is 2.30. The number of hydrogen-bond donors (Lipinski definition) is 1. The maximum Gasteiger partial charge on any atom is 0.337 e. The third-order valence-corrected chi connectivity index (χ3v) is 3.28. The molecule has 1 aromatic heterocycles. The van der Waals surface area contributed by atoms with E-state index in [1.807, 2.05) is 12.1 Å². The van der Waals surface area contributed by atoms with Gasteiger partial charge in [0.25, 0.3) is 0 Å². The zero-order valence-corrected chi connectivity index (χ0v) is 10.3. The van der Waals surface area contributed by atoms with E-state index in [-0.39, 0.29) is 5.56 Å². The first-order valence-corrected chi connectivity index (χ1v) is 6.21. The fourth-order valence-corrected chi connectivity index (χ4v) is 2.30. The van der Waals surface area contributed by atoms with Crippen molar-refractivity contribution in [1.82, 2.24) is 4.98 Å². The number of carboxylic acids is 1. The van der Waals surface area contributed by atoms with Gasteiger partial charge in [-0.1, -0.05) is 6.07 Å². The van der Waals surface area contributed by atoms with Gasteiger partial charge in [-0.2, -0.15) is 0 Å². The second kappa shape index (κ2) is 4.72. The van der Waals surface area contributed by atoms with Crippen LogP contribution in [0.2, 0.25) is 0 Å². The summed E-state index contributed by atoms with van der Waals surface area (Å²) in [5.74, 6) is 0.163. The Bertz CT molecular complexity index is 620. The fraction of sp³-hybridized carbons (Fsp3) is 0.200. The first-order chi connectivity index (χ1) is 9.22. The lowest BCUT2D eigenvalue weighted by Crippen LogP contribution is -1.97. The molecule has 3 rings (SSSR count). The molecular formula is C15H13NO3. The van der Waals surface area contributed by atoms with Crippen LogP contribution in [0.3, 0.4) is 0 Å². The van der Waals surface area contributed by atoms with Crippen molar-refractivity contribution >= 4 is 5.97 Å². The molecule has 0 fully saturated rings. The predicted octanol–water partition coefficient (Wildman–Crippen LogP) is 3.06. The normalized spacial score (nSPS) is 13.1. The van der Waals surface area contributed by atoms with Gasteiger partial charge in [-0.3, -0.25) is 0 Å². The van der Waals surface area contributed by atoms with Crippen LogP contribution >= 0.6 is 0 Å². The van der Waals surface area contributed by atoms with Crippen molar-refractivity contribution in [3.05, 3.63) is 53.2 Å². The van der Waals surface area contributed by atoms with Gasteiger partial charge in [0, 0.05) is 12.3 Å². The molecule has 96 valence electrons. The van der Waals surface area contributed by atoms with E-state index in [4.69, 9.17) is 9.84 Å². The lowest BCUT2D eigenvalue weighted by molar-refractivity contribution is 0.0696. The summed E-state index contributed by atoms with van der Waals surface area (Å²) in [5.41, 5.74) is 2.88. The van der Waals surface area contributed by atoms with Gasteiger partial charge in [-0.15, -0.1) is 0 Å². The second-order valence-corrected chi connectivity index (χ2v) is 4.58. The lowest BCUT2D eigenvalue weighted by Gasteiger charge is -2.07. The van der Waals surface area contributed by atoms with Gasteiger partial charge in [0.15, 0.2) is 0 Å². The molecule has 1 aromatic carbocycles. The SMILES string of the molecule is O=C(O)c1ccc(Oc2ccc3c(c2)CCC3)nc1. The Morgan fingerprint density at radius 2 is 2.00 bits per heavy atom. The first-order valence-electron chi connectivity index (χ1n) is 6.21. The molecule has 1 aliphatic carbocycles. The smallest absolute Gasteiger partial charge is 0.337 e. The topological polar surface area (TPSA) is 59.4 Å². The van der Waals surface area contributed by atoms with E-state index in [2.05, 4.69) is 11.1 Å². The molecule has 1 heterocycles. The summed E-state index contributed by atoms with van der Waals surface area (Å²) in [6.45, 7) is 0. The van der Waals surface area contributed by atoms with Crippen molar-refractivity contribution in [2.75, 3.05) is 0 Å². The van der Waals surface area contributed by atoms with Crippen molar-refractivity contribution < 1.29 is 14.6 Å². The maximum absolute atomic E-state index is 10.7. The van der Waals surface area contributed by atoms with Gasteiger partial charge in [0.05, 0.1) is 5.56 Å². The lowest BCUT2D eigenvalue weighted by atomic mass is 10.1. The number of benzene rings is 1.